The lowest BCUT2D eigenvalue weighted by Gasteiger charge is -2.09. The number of para-hydroxylation sites is 1. The van der Waals surface area contributed by atoms with Crippen molar-refractivity contribution in [1.82, 2.24) is 0 Å². The molecule has 1 aromatic carbocycles. The van der Waals surface area contributed by atoms with Gasteiger partial charge in [0.2, 0.25) is 0 Å². The highest BCUT2D eigenvalue weighted by Crippen LogP contribution is 2.16. The van der Waals surface area contributed by atoms with Crippen LogP contribution in [0.25, 0.3) is 0 Å². The topological polar surface area (TPSA) is 9.23 Å². The lowest BCUT2D eigenvalue weighted by Crippen LogP contribution is -2.02. The Morgan fingerprint density at radius 1 is 1.31 bits per heavy atom. The Bertz CT molecular complexity index is 266. The van der Waals surface area contributed by atoms with E-state index in [1.807, 2.05) is 42.1 Å². The number of alkyl halides is 1. The van der Waals surface area contributed by atoms with Gasteiger partial charge in [0.1, 0.15) is 5.75 Å². The summed E-state index contributed by atoms with van der Waals surface area (Å²) in [4.78, 5) is 0. The van der Waals surface area contributed by atoms with Crippen molar-refractivity contribution in [1.29, 1.82) is 0 Å². The van der Waals surface area contributed by atoms with Gasteiger partial charge in [0.15, 0.2) is 0 Å². The van der Waals surface area contributed by atoms with Crippen LogP contribution in [-0.4, -0.2) is 23.5 Å². The Morgan fingerprint density at radius 3 is 2.75 bits per heavy atom. The number of rotatable bonds is 8. The van der Waals surface area contributed by atoms with Crippen molar-refractivity contribution >= 4 is 23.4 Å². The van der Waals surface area contributed by atoms with E-state index in [1.165, 1.54) is 0 Å². The molecule has 0 radical (unpaired) electrons. The standard InChI is InChI=1S/C13H19ClOS/c1-12(8-9-14)16-11-5-10-15-13-6-3-2-4-7-13/h2-4,6-7,12H,5,8-11H2,1H3. The van der Waals surface area contributed by atoms with Crippen molar-refractivity contribution in [3.63, 3.8) is 0 Å². The zero-order valence-electron chi connectivity index (χ0n) is 9.69. The fourth-order valence-electron chi connectivity index (χ4n) is 1.29. The number of halogens is 1. The largest absolute Gasteiger partial charge is 0.494 e. The van der Waals surface area contributed by atoms with Gasteiger partial charge in [0.05, 0.1) is 6.61 Å². The summed E-state index contributed by atoms with van der Waals surface area (Å²) in [5, 5.41) is 0.661. The molecule has 16 heavy (non-hydrogen) atoms. The molecule has 0 heterocycles. The lowest BCUT2D eigenvalue weighted by molar-refractivity contribution is 0.318. The maximum Gasteiger partial charge on any atom is 0.119 e. The zero-order chi connectivity index (χ0) is 11.6. The van der Waals surface area contributed by atoms with Gasteiger partial charge >= 0.3 is 0 Å². The van der Waals surface area contributed by atoms with E-state index in [-0.39, 0.29) is 0 Å². The number of ether oxygens (including phenoxy) is 1. The van der Waals surface area contributed by atoms with Crippen molar-refractivity contribution in [3.05, 3.63) is 30.3 Å². The molecule has 0 saturated carbocycles. The molecule has 0 fully saturated rings. The third kappa shape index (κ3) is 6.29. The zero-order valence-corrected chi connectivity index (χ0v) is 11.3. The van der Waals surface area contributed by atoms with Crippen molar-refractivity contribution in [2.45, 2.75) is 25.0 Å². The van der Waals surface area contributed by atoms with Crippen molar-refractivity contribution in [2.24, 2.45) is 0 Å². The Labute approximate surface area is 108 Å². The van der Waals surface area contributed by atoms with E-state index in [9.17, 15) is 0 Å². The van der Waals surface area contributed by atoms with Crippen LogP contribution in [0.3, 0.4) is 0 Å². The molecule has 90 valence electrons. The van der Waals surface area contributed by atoms with Gasteiger partial charge < -0.3 is 4.74 Å². The minimum atomic E-state index is 0.661. The molecule has 1 rings (SSSR count). The number of hydrogen-bond acceptors (Lipinski definition) is 2. The van der Waals surface area contributed by atoms with Crippen molar-refractivity contribution < 1.29 is 4.74 Å². The molecule has 0 aliphatic rings. The predicted octanol–water partition coefficient (Wildman–Crippen LogP) is 4.21. The molecule has 0 spiro atoms. The molecule has 0 aliphatic heterocycles. The summed E-state index contributed by atoms with van der Waals surface area (Å²) in [7, 11) is 0. The van der Waals surface area contributed by atoms with E-state index in [1.54, 1.807) is 0 Å². The monoisotopic (exact) mass is 258 g/mol. The van der Waals surface area contributed by atoms with Crippen LogP contribution in [0.5, 0.6) is 5.75 Å². The second kappa shape index (κ2) is 8.77. The smallest absolute Gasteiger partial charge is 0.119 e. The summed E-state index contributed by atoms with van der Waals surface area (Å²) in [6, 6.07) is 9.96. The third-order valence-corrected chi connectivity index (χ3v) is 3.77. The number of thioether (sulfide) groups is 1. The first-order chi connectivity index (χ1) is 7.83. The highest BCUT2D eigenvalue weighted by molar-refractivity contribution is 7.99. The Hall–Kier alpha value is -0.340. The van der Waals surface area contributed by atoms with Crippen molar-refractivity contribution in [2.75, 3.05) is 18.2 Å². The van der Waals surface area contributed by atoms with E-state index < -0.39 is 0 Å². The van der Waals surface area contributed by atoms with Crippen LogP contribution >= 0.6 is 23.4 Å². The maximum atomic E-state index is 5.68. The highest BCUT2D eigenvalue weighted by Gasteiger charge is 2.00. The van der Waals surface area contributed by atoms with Crippen molar-refractivity contribution in [3.8, 4) is 5.75 Å². The Morgan fingerprint density at radius 2 is 2.06 bits per heavy atom. The summed E-state index contributed by atoms with van der Waals surface area (Å²) < 4.78 is 5.61. The van der Waals surface area contributed by atoms with Gasteiger partial charge in [-0.2, -0.15) is 11.8 Å². The first-order valence-electron chi connectivity index (χ1n) is 5.68. The Balaban J connectivity index is 2.00. The van der Waals surface area contributed by atoms with Gasteiger partial charge in [0.25, 0.3) is 0 Å². The fraction of sp³-hybridized carbons (Fsp3) is 0.538. The molecule has 0 aromatic heterocycles. The second-order valence-electron chi connectivity index (χ2n) is 3.67. The molecule has 3 heteroatoms. The van der Waals surface area contributed by atoms with Crippen LogP contribution in [0.15, 0.2) is 30.3 Å². The predicted molar refractivity (Wildman–Crippen MR) is 73.8 cm³/mol. The number of hydrogen-bond donors (Lipinski definition) is 0. The van der Waals surface area contributed by atoms with Crippen LogP contribution in [-0.2, 0) is 0 Å². The van der Waals surface area contributed by atoms with E-state index in [0.29, 0.717) is 5.25 Å². The molecule has 0 aliphatic carbocycles. The summed E-state index contributed by atoms with van der Waals surface area (Å²) in [5.74, 6) is 2.86. The first-order valence-corrected chi connectivity index (χ1v) is 7.26. The van der Waals surface area contributed by atoms with Crippen LogP contribution < -0.4 is 4.74 Å². The van der Waals surface area contributed by atoms with Gasteiger partial charge in [-0.1, -0.05) is 25.1 Å². The van der Waals surface area contributed by atoms with E-state index in [4.69, 9.17) is 16.3 Å². The van der Waals surface area contributed by atoms with E-state index in [0.717, 1.165) is 36.8 Å². The van der Waals surface area contributed by atoms with Gasteiger partial charge in [0, 0.05) is 11.1 Å². The van der Waals surface area contributed by atoms with Gasteiger partial charge in [-0.25, -0.2) is 0 Å². The molecular weight excluding hydrogens is 240 g/mol. The van der Waals surface area contributed by atoms with Crippen LogP contribution in [0.4, 0.5) is 0 Å². The van der Waals surface area contributed by atoms with E-state index in [2.05, 4.69) is 6.92 Å². The molecule has 1 atom stereocenters. The normalized spacial score (nSPS) is 12.4. The minimum absolute atomic E-state index is 0.661. The summed E-state index contributed by atoms with van der Waals surface area (Å²) in [5.41, 5.74) is 0. The average molecular weight is 259 g/mol. The Kier molecular flexibility index (Phi) is 7.52. The quantitative estimate of drug-likeness (QED) is 0.510. The molecule has 1 nitrogen and oxygen atoms in total. The van der Waals surface area contributed by atoms with E-state index >= 15 is 0 Å². The van der Waals surface area contributed by atoms with Gasteiger partial charge in [-0.05, 0) is 30.7 Å². The highest BCUT2D eigenvalue weighted by atomic mass is 35.5. The van der Waals surface area contributed by atoms with Gasteiger partial charge in [-0.15, -0.1) is 11.6 Å². The van der Waals surface area contributed by atoms with Gasteiger partial charge in [-0.3, -0.25) is 0 Å². The third-order valence-electron chi connectivity index (χ3n) is 2.22. The summed E-state index contributed by atoms with van der Waals surface area (Å²) in [6.45, 7) is 3.02. The van der Waals surface area contributed by atoms with Crippen LogP contribution in [0.2, 0.25) is 0 Å². The molecule has 1 unspecified atom stereocenters. The molecule has 0 N–H and O–H groups in total. The lowest BCUT2D eigenvalue weighted by atomic mass is 10.3. The average Bonchev–Trinajstić information content (AvgIpc) is 2.30. The maximum absolute atomic E-state index is 5.68. The summed E-state index contributed by atoms with van der Waals surface area (Å²) >= 11 is 7.65. The van der Waals surface area contributed by atoms with Crippen LogP contribution in [0, 0.1) is 0 Å². The minimum Gasteiger partial charge on any atom is -0.494 e. The SMILES string of the molecule is CC(CCCl)SCCCOc1ccccc1. The molecule has 0 saturated heterocycles. The number of benzene rings is 1. The van der Waals surface area contributed by atoms with Crippen LogP contribution in [0.1, 0.15) is 19.8 Å². The fourth-order valence-corrected chi connectivity index (χ4v) is 2.72. The first kappa shape index (κ1) is 13.7. The molecule has 0 amide bonds. The second-order valence-corrected chi connectivity index (χ2v) is 5.60. The molecular formula is C13H19ClOS. The summed E-state index contributed by atoms with van der Waals surface area (Å²) in [6.07, 6.45) is 2.18. The molecule has 1 aromatic rings. The molecule has 0 bridgehead atoms.